The van der Waals surface area contributed by atoms with Gasteiger partial charge in [-0.3, -0.25) is 0 Å². The molecule has 1 aliphatic rings. The monoisotopic (exact) mass is 427 g/mol. The van der Waals surface area contributed by atoms with E-state index >= 15 is 0 Å². The molecular weight excluding hydrogens is 402 g/mol. The normalized spacial score (nSPS) is 15.4. The fourth-order valence-corrected chi connectivity index (χ4v) is 5.72. The largest absolute Gasteiger partial charge is 0.332 e. The molecule has 3 aromatic rings. The number of nitrogens with zero attached hydrogens (tertiary/aromatic N) is 2. The summed E-state index contributed by atoms with van der Waals surface area (Å²) in [6.45, 7) is 5.41. The molecule has 0 saturated carbocycles. The van der Waals surface area contributed by atoms with Crippen molar-refractivity contribution < 1.29 is 8.42 Å². The Bertz CT molecular complexity index is 1100. The second-order valence-corrected chi connectivity index (χ2v) is 10.2. The van der Waals surface area contributed by atoms with Crippen molar-refractivity contribution in [2.45, 2.75) is 38.0 Å². The lowest BCUT2D eigenvalue weighted by molar-refractivity contribution is 0.346. The van der Waals surface area contributed by atoms with Crippen molar-refractivity contribution in [2.24, 2.45) is 0 Å². The van der Waals surface area contributed by atoms with Crippen molar-refractivity contribution in [1.82, 2.24) is 9.29 Å². The number of aromatic nitrogens is 1. The summed E-state index contributed by atoms with van der Waals surface area (Å²) in [5.41, 5.74) is 5.25. The van der Waals surface area contributed by atoms with Gasteiger partial charge in [0, 0.05) is 29.7 Å². The number of hydrogen-bond donors (Lipinski definition) is 1. The van der Waals surface area contributed by atoms with Gasteiger partial charge in [-0.05, 0) is 62.1 Å². The first kappa shape index (κ1) is 20.1. The van der Waals surface area contributed by atoms with Crippen molar-refractivity contribution >= 4 is 32.2 Å². The molecule has 2 aromatic carbocycles. The van der Waals surface area contributed by atoms with E-state index in [-0.39, 0.29) is 0 Å². The van der Waals surface area contributed by atoms with Crippen LogP contribution in [0.2, 0.25) is 0 Å². The molecule has 0 unspecified atom stereocenters. The van der Waals surface area contributed by atoms with Crippen molar-refractivity contribution in [3.63, 3.8) is 0 Å². The predicted octanol–water partition coefficient (Wildman–Crippen LogP) is 5.35. The van der Waals surface area contributed by atoms with E-state index in [1.165, 1.54) is 22.5 Å². The van der Waals surface area contributed by atoms with E-state index in [1.807, 2.05) is 23.6 Å². The third-order valence-corrected chi connectivity index (χ3v) is 8.04. The first-order chi connectivity index (χ1) is 13.9. The van der Waals surface area contributed by atoms with Crippen LogP contribution in [0.3, 0.4) is 0 Å². The number of nitrogens with one attached hydrogen (secondary N) is 1. The van der Waals surface area contributed by atoms with Crippen molar-refractivity contribution in [2.75, 3.05) is 18.4 Å². The molecule has 1 aromatic heterocycles. The highest BCUT2D eigenvalue weighted by molar-refractivity contribution is 7.89. The summed E-state index contributed by atoms with van der Waals surface area (Å²) in [5.74, 6) is 0. The number of sulfonamides is 1. The van der Waals surface area contributed by atoms with Crippen molar-refractivity contribution in [1.29, 1.82) is 0 Å². The molecule has 0 radical (unpaired) electrons. The summed E-state index contributed by atoms with van der Waals surface area (Å²) >= 11 is 1.53. The van der Waals surface area contributed by atoms with E-state index in [1.54, 1.807) is 16.4 Å². The van der Waals surface area contributed by atoms with Crippen LogP contribution in [-0.2, 0) is 10.0 Å². The van der Waals surface area contributed by atoms with Gasteiger partial charge >= 0.3 is 0 Å². The maximum atomic E-state index is 12.8. The zero-order valence-electron chi connectivity index (χ0n) is 16.7. The molecule has 0 atom stereocenters. The number of piperidine rings is 1. The van der Waals surface area contributed by atoms with Gasteiger partial charge in [-0.25, -0.2) is 13.4 Å². The Morgan fingerprint density at radius 1 is 0.966 bits per heavy atom. The molecule has 0 aliphatic carbocycles. The summed E-state index contributed by atoms with van der Waals surface area (Å²) in [5, 5.41) is 6.14. The Kier molecular flexibility index (Phi) is 5.72. The Hall–Kier alpha value is -2.22. The van der Waals surface area contributed by atoms with Crippen molar-refractivity contribution in [3.05, 3.63) is 59.0 Å². The van der Waals surface area contributed by atoms with Crippen molar-refractivity contribution in [3.8, 4) is 11.3 Å². The quantitative estimate of drug-likeness (QED) is 0.597. The van der Waals surface area contributed by atoms with E-state index in [0.29, 0.717) is 18.0 Å². The van der Waals surface area contributed by atoms with Gasteiger partial charge in [0.25, 0.3) is 0 Å². The minimum absolute atomic E-state index is 0.354. The summed E-state index contributed by atoms with van der Waals surface area (Å²) in [4.78, 5) is 5.01. The average molecular weight is 428 g/mol. The van der Waals surface area contributed by atoms with Gasteiger partial charge in [-0.1, -0.05) is 24.6 Å². The third kappa shape index (κ3) is 4.37. The van der Waals surface area contributed by atoms with Crippen LogP contribution in [0, 0.1) is 13.8 Å². The molecular formula is C22H25N3O2S2. The highest BCUT2D eigenvalue weighted by atomic mass is 32.2. The lowest BCUT2D eigenvalue weighted by Crippen LogP contribution is -2.35. The Morgan fingerprint density at radius 3 is 2.38 bits per heavy atom. The minimum atomic E-state index is -3.40. The number of anilines is 2. The van der Waals surface area contributed by atoms with Gasteiger partial charge < -0.3 is 5.32 Å². The van der Waals surface area contributed by atoms with Crippen LogP contribution in [0.4, 0.5) is 10.8 Å². The fraction of sp³-hybridized carbons (Fsp3) is 0.318. The molecule has 5 nitrogen and oxygen atoms in total. The van der Waals surface area contributed by atoms with Crippen LogP contribution < -0.4 is 5.32 Å². The zero-order valence-corrected chi connectivity index (χ0v) is 18.3. The zero-order chi connectivity index (χ0) is 20.4. The van der Waals surface area contributed by atoms with Crippen LogP contribution in [0.25, 0.3) is 11.3 Å². The van der Waals surface area contributed by atoms with Gasteiger partial charge in [0.2, 0.25) is 10.0 Å². The van der Waals surface area contributed by atoms with E-state index in [2.05, 4.69) is 36.3 Å². The molecule has 2 heterocycles. The van der Waals surface area contributed by atoms with Gasteiger partial charge in [-0.2, -0.15) is 4.31 Å². The number of benzene rings is 2. The molecule has 1 aliphatic heterocycles. The van der Waals surface area contributed by atoms with E-state index in [0.717, 1.165) is 41.3 Å². The molecule has 152 valence electrons. The number of aryl methyl sites for hydroxylation is 2. The minimum Gasteiger partial charge on any atom is -0.332 e. The van der Waals surface area contributed by atoms with Crippen LogP contribution in [0.15, 0.2) is 52.7 Å². The standard InChI is InChI=1S/C22H25N3O2S2/c1-16-6-9-19(14-17(16)2)23-22-24-21(15-28-22)18-7-10-20(11-8-18)29(26,27)25-12-4-3-5-13-25/h6-11,14-15H,3-5,12-13H2,1-2H3,(H,23,24). The Labute approximate surface area is 176 Å². The molecule has 0 bridgehead atoms. The van der Waals surface area contributed by atoms with E-state index in [4.69, 9.17) is 0 Å². The first-order valence-corrected chi connectivity index (χ1v) is 12.2. The maximum absolute atomic E-state index is 12.8. The van der Waals surface area contributed by atoms with Gasteiger partial charge in [0.05, 0.1) is 10.6 Å². The SMILES string of the molecule is Cc1ccc(Nc2nc(-c3ccc(S(=O)(=O)N4CCCCC4)cc3)cs2)cc1C. The number of thiazole rings is 1. The highest BCUT2D eigenvalue weighted by Gasteiger charge is 2.25. The van der Waals surface area contributed by atoms with Crippen LogP contribution in [-0.4, -0.2) is 30.8 Å². The molecule has 1 fully saturated rings. The lowest BCUT2D eigenvalue weighted by atomic mass is 10.1. The summed E-state index contributed by atoms with van der Waals surface area (Å²) in [7, 11) is -3.40. The Morgan fingerprint density at radius 2 is 1.69 bits per heavy atom. The Balaban J connectivity index is 1.50. The molecule has 1 saturated heterocycles. The van der Waals surface area contributed by atoms with Crippen LogP contribution >= 0.6 is 11.3 Å². The van der Waals surface area contributed by atoms with E-state index in [9.17, 15) is 8.42 Å². The molecule has 0 spiro atoms. The number of rotatable bonds is 5. The molecule has 1 N–H and O–H groups in total. The third-order valence-electron chi connectivity index (χ3n) is 5.37. The van der Waals surface area contributed by atoms with Gasteiger partial charge in [-0.15, -0.1) is 11.3 Å². The second-order valence-electron chi connectivity index (χ2n) is 7.45. The predicted molar refractivity (Wildman–Crippen MR) is 119 cm³/mol. The smallest absolute Gasteiger partial charge is 0.243 e. The highest BCUT2D eigenvalue weighted by Crippen LogP contribution is 2.29. The fourth-order valence-electron chi connectivity index (χ4n) is 3.46. The maximum Gasteiger partial charge on any atom is 0.243 e. The first-order valence-electron chi connectivity index (χ1n) is 9.84. The summed E-state index contributed by atoms with van der Waals surface area (Å²) in [6, 6.07) is 13.3. The second kappa shape index (κ2) is 8.26. The number of hydrogen-bond acceptors (Lipinski definition) is 5. The lowest BCUT2D eigenvalue weighted by Gasteiger charge is -2.25. The molecule has 0 amide bonds. The molecule has 29 heavy (non-hydrogen) atoms. The molecule has 7 heteroatoms. The van der Waals surface area contributed by atoms with Gasteiger partial charge in [0.1, 0.15) is 0 Å². The van der Waals surface area contributed by atoms with Gasteiger partial charge in [0.15, 0.2) is 5.13 Å². The van der Waals surface area contributed by atoms with Crippen LogP contribution in [0.1, 0.15) is 30.4 Å². The topological polar surface area (TPSA) is 62.3 Å². The molecule has 4 rings (SSSR count). The average Bonchev–Trinajstić information content (AvgIpc) is 3.20. The van der Waals surface area contributed by atoms with Crippen LogP contribution in [0.5, 0.6) is 0 Å². The summed E-state index contributed by atoms with van der Waals surface area (Å²) < 4.78 is 27.2. The van der Waals surface area contributed by atoms with E-state index < -0.39 is 10.0 Å². The summed E-state index contributed by atoms with van der Waals surface area (Å²) in [6.07, 6.45) is 2.98.